The van der Waals surface area contributed by atoms with Crippen LogP contribution in [0, 0.1) is 16.7 Å². The SMILES string of the molecule is CCOCC1CN(C(=N)N)CC12CCC2. The van der Waals surface area contributed by atoms with E-state index in [0.717, 1.165) is 26.3 Å². The van der Waals surface area contributed by atoms with Crippen LogP contribution in [-0.4, -0.2) is 37.2 Å². The summed E-state index contributed by atoms with van der Waals surface area (Å²) in [6.07, 6.45) is 3.90. The number of nitrogens with two attached hydrogens (primary N) is 1. The van der Waals surface area contributed by atoms with Gasteiger partial charge in [-0.3, -0.25) is 5.41 Å². The highest BCUT2D eigenvalue weighted by Gasteiger charge is 2.50. The van der Waals surface area contributed by atoms with E-state index in [1.54, 1.807) is 0 Å². The molecule has 0 aromatic heterocycles. The zero-order valence-corrected chi connectivity index (χ0v) is 9.46. The molecule has 4 heteroatoms. The molecule has 15 heavy (non-hydrogen) atoms. The summed E-state index contributed by atoms with van der Waals surface area (Å²) in [5.74, 6) is 0.801. The Kier molecular flexibility index (Phi) is 2.87. The Bertz CT molecular complexity index is 250. The van der Waals surface area contributed by atoms with Crippen molar-refractivity contribution in [1.82, 2.24) is 4.90 Å². The molecule has 4 nitrogen and oxygen atoms in total. The van der Waals surface area contributed by atoms with Crippen molar-refractivity contribution in [1.29, 1.82) is 5.41 Å². The molecule has 1 aliphatic heterocycles. The summed E-state index contributed by atoms with van der Waals surface area (Å²) in [5, 5.41) is 7.50. The Balaban J connectivity index is 1.98. The van der Waals surface area contributed by atoms with E-state index < -0.39 is 0 Å². The molecule has 2 rings (SSSR count). The summed E-state index contributed by atoms with van der Waals surface area (Å²) in [6, 6.07) is 0. The van der Waals surface area contributed by atoms with Gasteiger partial charge in [0, 0.05) is 25.6 Å². The summed E-state index contributed by atoms with van der Waals surface area (Å²) in [5.41, 5.74) is 5.97. The number of ether oxygens (including phenoxy) is 1. The summed E-state index contributed by atoms with van der Waals surface area (Å²) >= 11 is 0. The second-order valence-electron chi connectivity index (χ2n) is 4.84. The number of rotatable bonds is 3. The molecule has 2 fully saturated rings. The predicted molar refractivity (Wildman–Crippen MR) is 59.8 cm³/mol. The number of hydrogen-bond acceptors (Lipinski definition) is 2. The number of likely N-dealkylation sites (tertiary alicyclic amines) is 1. The second kappa shape index (κ2) is 4.00. The molecule has 2 aliphatic rings. The van der Waals surface area contributed by atoms with E-state index in [-0.39, 0.29) is 5.96 Å². The van der Waals surface area contributed by atoms with Crippen LogP contribution >= 0.6 is 0 Å². The Labute approximate surface area is 91.3 Å². The van der Waals surface area contributed by atoms with Crippen molar-refractivity contribution in [2.24, 2.45) is 17.1 Å². The highest BCUT2D eigenvalue weighted by Crippen LogP contribution is 2.51. The number of hydrogen-bond donors (Lipinski definition) is 2. The second-order valence-corrected chi connectivity index (χ2v) is 4.84. The Morgan fingerprint density at radius 3 is 2.80 bits per heavy atom. The molecule has 0 bridgehead atoms. The highest BCUT2D eigenvalue weighted by molar-refractivity contribution is 5.75. The highest BCUT2D eigenvalue weighted by atomic mass is 16.5. The number of nitrogens with zero attached hydrogens (tertiary/aromatic N) is 1. The van der Waals surface area contributed by atoms with E-state index in [1.807, 2.05) is 11.8 Å². The number of guanidine groups is 1. The largest absolute Gasteiger partial charge is 0.381 e. The first-order valence-corrected chi connectivity index (χ1v) is 5.85. The molecule has 0 aromatic rings. The fourth-order valence-electron chi connectivity index (χ4n) is 2.90. The first kappa shape index (κ1) is 10.7. The molecule has 3 N–H and O–H groups in total. The molecule has 1 aliphatic carbocycles. The normalized spacial score (nSPS) is 28.1. The third-order valence-electron chi connectivity index (χ3n) is 4.03. The quantitative estimate of drug-likeness (QED) is 0.541. The van der Waals surface area contributed by atoms with Crippen LogP contribution in [0.15, 0.2) is 0 Å². The lowest BCUT2D eigenvalue weighted by atomic mass is 9.63. The maximum absolute atomic E-state index is 7.50. The molecule has 0 aromatic carbocycles. The van der Waals surface area contributed by atoms with Crippen LogP contribution < -0.4 is 5.73 Å². The third-order valence-corrected chi connectivity index (χ3v) is 4.03. The molecule has 1 unspecified atom stereocenters. The van der Waals surface area contributed by atoms with Crippen molar-refractivity contribution in [2.45, 2.75) is 26.2 Å². The molecule has 1 heterocycles. The van der Waals surface area contributed by atoms with Crippen LogP contribution in [0.1, 0.15) is 26.2 Å². The molecule has 0 radical (unpaired) electrons. The van der Waals surface area contributed by atoms with Gasteiger partial charge in [0.2, 0.25) is 0 Å². The average Bonchev–Trinajstić information content (AvgIpc) is 2.53. The minimum absolute atomic E-state index is 0.222. The van der Waals surface area contributed by atoms with Crippen LogP contribution in [0.25, 0.3) is 0 Å². The topological polar surface area (TPSA) is 62.3 Å². The Morgan fingerprint density at radius 2 is 2.33 bits per heavy atom. The van der Waals surface area contributed by atoms with Crippen LogP contribution in [0.4, 0.5) is 0 Å². The van der Waals surface area contributed by atoms with Crippen molar-refractivity contribution in [2.75, 3.05) is 26.3 Å². The third kappa shape index (κ3) is 1.83. The molecule has 86 valence electrons. The lowest BCUT2D eigenvalue weighted by Crippen LogP contribution is -2.40. The molecular formula is C11H21N3O. The zero-order valence-electron chi connectivity index (χ0n) is 9.46. The summed E-state index contributed by atoms with van der Waals surface area (Å²) in [6.45, 7) is 5.54. The summed E-state index contributed by atoms with van der Waals surface area (Å²) in [7, 11) is 0. The monoisotopic (exact) mass is 211 g/mol. The van der Waals surface area contributed by atoms with Crippen molar-refractivity contribution in [3.05, 3.63) is 0 Å². The van der Waals surface area contributed by atoms with Crippen LogP contribution in [-0.2, 0) is 4.74 Å². The van der Waals surface area contributed by atoms with Gasteiger partial charge in [-0.25, -0.2) is 0 Å². The van der Waals surface area contributed by atoms with E-state index >= 15 is 0 Å². The minimum atomic E-state index is 0.222. The molecule has 1 spiro atoms. The van der Waals surface area contributed by atoms with Gasteiger partial charge in [-0.15, -0.1) is 0 Å². The zero-order chi connectivity index (χ0) is 10.9. The van der Waals surface area contributed by atoms with Gasteiger partial charge in [0.1, 0.15) is 0 Å². The lowest BCUT2D eigenvalue weighted by molar-refractivity contribution is 0.0226. The lowest BCUT2D eigenvalue weighted by Gasteiger charge is -2.42. The van der Waals surface area contributed by atoms with Gasteiger partial charge in [0.25, 0.3) is 0 Å². The summed E-state index contributed by atoms with van der Waals surface area (Å²) < 4.78 is 5.54. The number of nitrogens with one attached hydrogen (secondary N) is 1. The van der Waals surface area contributed by atoms with Gasteiger partial charge >= 0.3 is 0 Å². The first-order valence-electron chi connectivity index (χ1n) is 5.85. The van der Waals surface area contributed by atoms with Crippen molar-refractivity contribution >= 4 is 5.96 Å². The fourth-order valence-corrected chi connectivity index (χ4v) is 2.90. The molecule has 1 saturated heterocycles. The van der Waals surface area contributed by atoms with E-state index in [9.17, 15) is 0 Å². The van der Waals surface area contributed by atoms with Gasteiger partial charge in [-0.05, 0) is 25.2 Å². The predicted octanol–water partition coefficient (Wildman–Crippen LogP) is 1.02. The van der Waals surface area contributed by atoms with Gasteiger partial charge < -0.3 is 15.4 Å². The Morgan fingerprint density at radius 1 is 1.60 bits per heavy atom. The van der Waals surface area contributed by atoms with E-state index in [1.165, 1.54) is 19.3 Å². The van der Waals surface area contributed by atoms with Gasteiger partial charge in [-0.1, -0.05) is 6.42 Å². The van der Waals surface area contributed by atoms with Gasteiger partial charge in [0.15, 0.2) is 5.96 Å². The van der Waals surface area contributed by atoms with Gasteiger partial charge in [-0.2, -0.15) is 0 Å². The van der Waals surface area contributed by atoms with Crippen molar-refractivity contribution in [3.8, 4) is 0 Å². The maximum Gasteiger partial charge on any atom is 0.188 e. The minimum Gasteiger partial charge on any atom is -0.381 e. The maximum atomic E-state index is 7.50. The van der Waals surface area contributed by atoms with Crippen molar-refractivity contribution < 1.29 is 4.74 Å². The van der Waals surface area contributed by atoms with Gasteiger partial charge in [0.05, 0.1) is 6.61 Å². The summed E-state index contributed by atoms with van der Waals surface area (Å²) in [4.78, 5) is 2.00. The van der Waals surface area contributed by atoms with Crippen molar-refractivity contribution in [3.63, 3.8) is 0 Å². The van der Waals surface area contributed by atoms with Crippen LogP contribution in [0.5, 0.6) is 0 Å². The average molecular weight is 211 g/mol. The molecule has 0 amide bonds. The molecular weight excluding hydrogens is 190 g/mol. The van der Waals surface area contributed by atoms with E-state index in [0.29, 0.717) is 11.3 Å². The molecule has 1 saturated carbocycles. The van der Waals surface area contributed by atoms with E-state index in [4.69, 9.17) is 15.9 Å². The smallest absolute Gasteiger partial charge is 0.188 e. The fraction of sp³-hybridized carbons (Fsp3) is 0.909. The standard InChI is InChI=1S/C11H21N3O/c1-2-15-7-9-6-14(10(12)13)8-11(9)4-3-5-11/h9H,2-8H2,1H3,(H3,12,13). The first-order chi connectivity index (χ1) is 7.18. The van der Waals surface area contributed by atoms with Crippen LogP contribution in [0.2, 0.25) is 0 Å². The molecule has 1 atom stereocenters. The van der Waals surface area contributed by atoms with E-state index in [2.05, 4.69) is 0 Å². The van der Waals surface area contributed by atoms with Crippen LogP contribution in [0.3, 0.4) is 0 Å². The Hall–Kier alpha value is -0.770.